The SMILES string of the molecule is COCc1nc(C(=O)NC[C@@H]2CC[C@H](C)N2C)co1. The first-order valence-corrected chi connectivity index (χ1v) is 6.55. The molecule has 1 aliphatic heterocycles. The van der Waals surface area contributed by atoms with Gasteiger partial charge in [-0.05, 0) is 26.8 Å². The Labute approximate surface area is 113 Å². The summed E-state index contributed by atoms with van der Waals surface area (Å²) in [6, 6.07) is 0.992. The zero-order valence-electron chi connectivity index (χ0n) is 11.7. The van der Waals surface area contributed by atoms with Crippen LogP contribution in [0, 0.1) is 0 Å². The van der Waals surface area contributed by atoms with Gasteiger partial charge in [0.25, 0.3) is 5.91 Å². The van der Waals surface area contributed by atoms with Crippen molar-refractivity contribution >= 4 is 5.91 Å². The van der Waals surface area contributed by atoms with E-state index in [-0.39, 0.29) is 12.5 Å². The van der Waals surface area contributed by atoms with Crippen LogP contribution >= 0.6 is 0 Å². The highest BCUT2D eigenvalue weighted by Gasteiger charge is 2.27. The summed E-state index contributed by atoms with van der Waals surface area (Å²) >= 11 is 0. The molecule has 2 rings (SSSR count). The van der Waals surface area contributed by atoms with Crippen LogP contribution in [0.4, 0.5) is 0 Å². The lowest BCUT2D eigenvalue weighted by Gasteiger charge is -2.23. The fourth-order valence-corrected chi connectivity index (χ4v) is 2.35. The second-order valence-corrected chi connectivity index (χ2v) is 5.02. The number of nitrogens with one attached hydrogen (secondary N) is 1. The Morgan fingerprint density at radius 2 is 2.42 bits per heavy atom. The highest BCUT2D eigenvalue weighted by Crippen LogP contribution is 2.20. The van der Waals surface area contributed by atoms with Gasteiger partial charge in [0.1, 0.15) is 12.9 Å². The van der Waals surface area contributed by atoms with Gasteiger partial charge < -0.3 is 14.5 Å². The molecule has 0 spiro atoms. The molecule has 1 N–H and O–H groups in total. The van der Waals surface area contributed by atoms with Crippen LogP contribution in [0.15, 0.2) is 10.7 Å². The van der Waals surface area contributed by atoms with Crippen molar-refractivity contribution in [3.8, 4) is 0 Å². The van der Waals surface area contributed by atoms with E-state index in [2.05, 4.69) is 29.2 Å². The number of amides is 1. The third-order valence-corrected chi connectivity index (χ3v) is 3.74. The topological polar surface area (TPSA) is 67.6 Å². The number of rotatable bonds is 5. The van der Waals surface area contributed by atoms with Gasteiger partial charge in [-0.2, -0.15) is 0 Å². The summed E-state index contributed by atoms with van der Waals surface area (Å²) in [7, 11) is 3.66. The van der Waals surface area contributed by atoms with Gasteiger partial charge in [0.15, 0.2) is 5.69 Å². The zero-order chi connectivity index (χ0) is 13.8. The van der Waals surface area contributed by atoms with E-state index in [1.807, 2.05) is 0 Å². The Morgan fingerprint density at radius 1 is 1.63 bits per heavy atom. The third-order valence-electron chi connectivity index (χ3n) is 3.74. The van der Waals surface area contributed by atoms with E-state index in [1.54, 1.807) is 7.11 Å². The molecule has 2 heterocycles. The fourth-order valence-electron chi connectivity index (χ4n) is 2.35. The molecule has 0 aliphatic carbocycles. The van der Waals surface area contributed by atoms with Crippen LogP contribution in [-0.2, 0) is 11.3 Å². The lowest BCUT2D eigenvalue weighted by Crippen LogP contribution is -2.40. The summed E-state index contributed by atoms with van der Waals surface area (Å²) in [4.78, 5) is 18.3. The average molecular weight is 267 g/mol. The Bertz CT molecular complexity index is 433. The molecule has 2 atom stereocenters. The Morgan fingerprint density at radius 3 is 3.05 bits per heavy atom. The number of nitrogens with zero attached hydrogens (tertiary/aromatic N) is 2. The van der Waals surface area contributed by atoms with E-state index in [1.165, 1.54) is 12.7 Å². The summed E-state index contributed by atoms with van der Waals surface area (Å²) in [5.74, 6) is 0.221. The third kappa shape index (κ3) is 3.33. The predicted molar refractivity (Wildman–Crippen MR) is 69.8 cm³/mol. The van der Waals surface area contributed by atoms with Crippen LogP contribution in [0.25, 0.3) is 0 Å². The summed E-state index contributed by atoms with van der Waals surface area (Å²) in [6.07, 6.45) is 3.66. The molecule has 0 aromatic carbocycles. The van der Waals surface area contributed by atoms with Crippen molar-refractivity contribution in [1.82, 2.24) is 15.2 Å². The summed E-state index contributed by atoms with van der Waals surface area (Å²) < 4.78 is 10.0. The summed E-state index contributed by atoms with van der Waals surface area (Å²) in [5, 5.41) is 2.90. The van der Waals surface area contributed by atoms with E-state index < -0.39 is 0 Å². The van der Waals surface area contributed by atoms with E-state index in [0.717, 1.165) is 6.42 Å². The van der Waals surface area contributed by atoms with Crippen LogP contribution in [0.2, 0.25) is 0 Å². The van der Waals surface area contributed by atoms with Crippen molar-refractivity contribution in [2.75, 3.05) is 20.7 Å². The molecule has 6 nitrogen and oxygen atoms in total. The molecular formula is C13H21N3O3. The molecular weight excluding hydrogens is 246 g/mol. The molecule has 106 valence electrons. The van der Waals surface area contributed by atoms with Crippen molar-refractivity contribution in [1.29, 1.82) is 0 Å². The Hall–Kier alpha value is -1.40. The monoisotopic (exact) mass is 267 g/mol. The second-order valence-electron chi connectivity index (χ2n) is 5.02. The molecule has 0 saturated carbocycles. The molecule has 0 unspecified atom stereocenters. The molecule has 19 heavy (non-hydrogen) atoms. The molecule has 1 saturated heterocycles. The van der Waals surface area contributed by atoms with Gasteiger partial charge in [0.05, 0.1) is 0 Å². The minimum Gasteiger partial charge on any atom is -0.446 e. The lowest BCUT2D eigenvalue weighted by molar-refractivity contribution is 0.0936. The lowest BCUT2D eigenvalue weighted by atomic mass is 10.2. The molecule has 1 aromatic heterocycles. The van der Waals surface area contributed by atoms with E-state index in [4.69, 9.17) is 9.15 Å². The first-order valence-electron chi connectivity index (χ1n) is 6.55. The highest BCUT2D eigenvalue weighted by molar-refractivity contribution is 5.91. The number of likely N-dealkylation sites (tertiary alicyclic amines) is 1. The van der Waals surface area contributed by atoms with Crippen molar-refractivity contribution in [2.45, 2.75) is 38.5 Å². The maximum atomic E-state index is 11.9. The van der Waals surface area contributed by atoms with Crippen LogP contribution in [0.1, 0.15) is 36.1 Å². The molecule has 1 aromatic rings. The molecule has 0 radical (unpaired) electrons. The van der Waals surface area contributed by atoms with Gasteiger partial charge >= 0.3 is 0 Å². The van der Waals surface area contributed by atoms with Crippen LogP contribution in [0.3, 0.4) is 0 Å². The largest absolute Gasteiger partial charge is 0.446 e. The predicted octanol–water partition coefficient (Wildman–Crippen LogP) is 1.03. The van der Waals surface area contributed by atoms with Crippen LogP contribution in [0.5, 0.6) is 0 Å². The first kappa shape index (κ1) is 14.0. The first-order chi connectivity index (χ1) is 9.11. The molecule has 6 heteroatoms. The van der Waals surface area contributed by atoms with E-state index in [9.17, 15) is 4.79 Å². The quantitative estimate of drug-likeness (QED) is 0.863. The minimum absolute atomic E-state index is 0.195. The number of carbonyl (C=O) groups is 1. The number of hydrogen-bond donors (Lipinski definition) is 1. The number of carbonyl (C=O) groups excluding carboxylic acids is 1. The molecule has 1 aliphatic rings. The zero-order valence-corrected chi connectivity index (χ0v) is 11.7. The van der Waals surface area contributed by atoms with Crippen LogP contribution < -0.4 is 5.32 Å². The number of hydrogen-bond acceptors (Lipinski definition) is 5. The fraction of sp³-hybridized carbons (Fsp3) is 0.692. The Balaban J connectivity index is 1.83. The standard InChI is InChI=1S/C13H21N3O3/c1-9-4-5-10(16(9)2)6-14-13(17)11-7-19-12(15-11)8-18-3/h7,9-10H,4-6,8H2,1-3H3,(H,14,17)/t9-,10-/m0/s1. The maximum absolute atomic E-state index is 11.9. The maximum Gasteiger partial charge on any atom is 0.273 e. The number of ether oxygens (including phenoxy) is 1. The number of oxazole rings is 1. The van der Waals surface area contributed by atoms with Gasteiger partial charge in [0.2, 0.25) is 5.89 Å². The molecule has 0 bridgehead atoms. The van der Waals surface area contributed by atoms with Gasteiger partial charge in [0, 0.05) is 25.7 Å². The summed E-state index contributed by atoms with van der Waals surface area (Å²) in [6.45, 7) is 3.12. The van der Waals surface area contributed by atoms with Gasteiger partial charge in [-0.15, -0.1) is 0 Å². The molecule has 1 amide bonds. The number of methoxy groups -OCH3 is 1. The highest BCUT2D eigenvalue weighted by atomic mass is 16.5. The van der Waals surface area contributed by atoms with Crippen molar-refractivity contribution in [3.05, 3.63) is 17.8 Å². The Kier molecular flexibility index (Phi) is 4.55. The average Bonchev–Trinajstić information content (AvgIpc) is 2.97. The van der Waals surface area contributed by atoms with Crippen molar-refractivity contribution < 1.29 is 13.9 Å². The number of aromatic nitrogens is 1. The van der Waals surface area contributed by atoms with Crippen LogP contribution in [-0.4, -0.2) is 48.6 Å². The second kappa shape index (κ2) is 6.16. The minimum atomic E-state index is -0.195. The van der Waals surface area contributed by atoms with Gasteiger partial charge in [-0.1, -0.05) is 0 Å². The van der Waals surface area contributed by atoms with E-state index >= 15 is 0 Å². The van der Waals surface area contributed by atoms with Gasteiger partial charge in [-0.3, -0.25) is 9.69 Å². The molecule has 1 fully saturated rings. The normalized spacial score (nSPS) is 23.7. The number of likely N-dealkylation sites (N-methyl/N-ethyl adjacent to an activating group) is 1. The summed E-state index contributed by atoms with van der Waals surface area (Å²) in [5.41, 5.74) is 0.306. The van der Waals surface area contributed by atoms with Gasteiger partial charge in [-0.25, -0.2) is 4.98 Å². The smallest absolute Gasteiger partial charge is 0.273 e. The van der Waals surface area contributed by atoms with Crippen molar-refractivity contribution in [3.63, 3.8) is 0 Å². The van der Waals surface area contributed by atoms with E-state index in [0.29, 0.717) is 30.2 Å². The van der Waals surface area contributed by atoms with Crippen molar-refractivity contribution in [2.24, 2.45) is 0 Å².